The van der Waals surface area contributed by atoms with E-state index in [2.05, 4.69) is 19.2 Å². The topological polar surface area (TPSA) is 97.0 Å². The maximum Gasteiger partial charge on any atom is 0.231 e. The number of fused-ring (bicyclic) bond motifs is 1. The van der Waals surface area contributed by atoms with Gasteiger partial charge in [-0.1, -0.05) is 45.9 Å². The molecule has 33 heavy (non-hydrogen) atoms. The van der Waals surface area contributed by atoms with Crippen LogP contribution in [0.3, 0.4) is 0 Å². The normalized spacial score (nSPS) is 28.9. The molecule has 2 heterocycles. The Balaban J connectivity index is 1.48. The minimum atomic E-state index is -0.392. The molecule has 0 spiro atoms. The first kappa shape index (κ1) is 23.6. The van der Waals surface area contributed by atoms with E-state index in [9.17, 15) is 9.59 Å². The highest BCUT2D eigenvalue weighted by atomic mass is 16.5. The lowest BCUT2D eigenvalue weighted by Gasteiger charge is -2.38. The van der Waals surface area contributed by atoms with Crippen LogP contribution < -0.4 is 15.8 Å². The number of carbonyl (C=O) groups excluding carboxylic acids is 2. The molecule has 0 aromatic heterocycles. The van der Waals surface area contributed by atoms with Crippen molar-refractivity contribution in [1.82, 2.24) is 10.2 Å². The Morgan fingerprint density at radius 3 is 2.52 bits per heavy atom. The standard InChI is InChI=1S/C26H38N4O3/c1-7-26(8-2)14-20(31)30(23(27)29-26)15-17-21(25(17,5)6)22(32)28-18-13-24(3,4)33-19-12-10-9-11-16(18)19/h9-12,17-18,21H,7-8,13-15H2,1-6H3,(H2,27,29)(H,28,32)/t17-,18+,21?/m1/s1. The van der Waals surface area contributed by atoms with Gasteiger partial charge in [-0.15, -0.1) is 0 Å². The molecule has 4 rings (SSSR count). The van der Waals surface area contributed by atoms with E-state index in [1.165, 1.54) is 0 Å². The Morgan fingerprint density at radius 1 is 1.21 bits per heavy atom. The second-order valence-corrected chi connectivity index (χ2v) is 11.2. The summed E-state index contributed by atoms with van der Waals surface area (Å²) < 4.78 is 6.11. The lowest BCUT2D eigenvalue weighted by atomic mass is 9.88. The first-order valence-corrected chi connectivity index (χ1v) is 12.2. The Hall–Kier alpha value is -2.57. The highest BCUT2D eigenvalue weighted by Gasteiger charge is 2.62. The minimum Gasteiger partial charge on any atom is -0.487 e. The molecule has 0 saturated heterocycles. The molecule has 2 aliphatic heterocycles. The van der Waals surface area contributed by atoms with Gasteiger partial charge in [0, 0.05) is 24.4 Å². The largest absolute Gasteiger partial charge is 0.487 e. The van der Waals surface area contributed by atoms with Gasteiger partial charge < -0.3 is 15.8 Å². The summed E-state index contributed by atoms with van der Waals surface area (Å²) in [5.74, 6) is 1.00. The van der Waals surface area contributed by atoms with Gasteiger partial charge in [0.05, 0.1) is 18.0 Å². The summed E-state index contributed by atoms with van der Waals surface area (Å²) in [4.78, 5) is 32.7. The molecule has 3 atom stereocenters. The first-order valence-electron chi connectivity index (χ1n) is 12.2. The van der Waals surface area contributed by atoms with Crippen LogP contribution >= 0.6 is 0 Å². The third kappa shape index (κ3) is 4.22. The minimum absolute atomic E-state index is 0.00756. The molecule has 1 aliphatic carbocycles. The van der Waals surface area contributed by atoms with Crippen LogP contribution in [-0.2, 0) is 9.59 Å². The van der Waals surface area contributed by atoms with Crippen molar-refractivity contribution in [3.05, 3.63) is 29.8 Å². The smallest absolute Gasteiger partial charge is 0.231 e. The Bertz CT molecular complexity index is 980. The van der Waals surface area contributed by atoms with Crippen LogP contribution in [0.25, 0.3) is 0 Å². The summed E-state index contributed by atoms with van der Waals surface area (Å²) >= 11 is 0. The summed E-state index contributed by atoms with van der Waals surface area (Å²) in [6, 6.07) is 7.79. The molecule has 2 amide bonds. The van der Waals surface area contributed by atoms with E-state index in [0.29, 0.717) is 19.4 Å². The monoisotopic (exact) mass is 454 g/mol. The molecule has 0 radical (unpaired) electrons. The van der Waals surface area contributed by atoms with E-state index in [0.717, 1.165) is 24.2 Å². The Labute approximate surface area is 197 Å². The predicted octanol–water partition coefficient (Wildman–Crippen LogP) is 3.78. The maximum absolute atomic E-state index is 13.4. The first-order chi connectivity index (χ1) is 15.4. The van der Waals surface area contributed by atoms with E-state index in [1.807, 2.05) is 52.0 Å². The van der Waals surface area contributed by atoms with Gasteiger partial charge in [0.25, 0.3) is 0 Å². The van der Waals surface area contributed by atoms with Crippen LogP contribution in [0, 0.1) is 17.3 Å². The van der Waals surface area contributed by atoms with Crippen LogP contribution in [0.4, 0.5) is 0 Å². The van der Waals surface area contributed by atoms with Crippen molar-refractivity contribution >= 4 is 17.8 Å². The number of benzene rings is 1. The number of ether oxygens (including phenoxy) is 1. The van der Waals surface area contributed by atoms with Crippen molar-refractivity contribution in [3.63, 3.8) is 0 Å². The average molecular weight is 455 g/mol. The zero-order valence-corrected chi connectivity index (χ0v) is 20.8. The molecular formula is C26H38N4O3. The number of carbonyl (C=O) groups is 2. The molecule has 7 nitrogen and oxygen atoms in total. The molecule has 1 saturated carbocycles. The number of hydrogen-bond acceptors (Lipinski definition) is 5. The molecule has 1 unspecified atom stereocenters. The second kappa shape index (κ2) is 8.03. The zero-order valence-electron chi connectivity index (χ0n) is 20.8. The lowest BCUT2D eigenvalue weighted by molar-refractivity contribution is -0.130. The van der Waals surface area contributed by atoms with Crippen molar-refractivity contribution in [2.75, 3.05) is 6.54 Å². The van der Waals surface area contributed by atoms with Gasteiger partial charge in [-0.05, 0) is 44.1 Å². The SMILES string of the molecule is CCC1(CC)CC(=O)N(C[C@@H]2C(C(=O)N[C@H]3CC(C)(C)Oc4ccccc43)C2(C)C)C(N)=N1. The quantitative estimate of drug-likeness (QED) is 0.683. The van der Waals surface area contributed by atoms with E-state index in [4.69, 9.17) is 15.5 Å². The van der Waals surface area contributed by atoms with Gasteiger partial charge in [-0.25, -0.2) is 4.99 Å². The van der Waals surface area contributed by atoms with Crippen molar-refractivity contribution < 1.29 is 14.3 Å². The lowest BCUT2D eigenvalue weighted by Crippen LogP contribution is -2.52. The summed E-state index contributed by atoms with van der Waals surface area (Å²) in [5, 5.41) is 3.29. The Kier molecular flexibility index (Phi) is 5.74. The Morgan fingerprint density at radius 2 is 1.88 bits per heavy atom. The van der Waals surface area contributed by atoms with Gasteiger partial charge in [-0.2, -0.15) is 0 Å². The van der Waals surface area contributed by atoms with E-state index >= 15 is 0 Å². The van der Waals surface area contributed by atoms with Gasteiger partial charge in [0.2, 0.25) is 11.8 Å². The molecule has 3 N–H and O–H groups in total. The van der Waals surface area contributed by atoms with Crippen molar-refractivity contribution in [2.24, 2.45) is 28.0 Å². The fourth-order valence-corrected chi connectivity index (χ4v) is 5.70. The van der Waals surface area contributed by atoms with Crippen LogP contribution in [0.1, 0.15) is 78.8 Å². The summed E-state index contributed by atoms with van der Waals surface area (Å²) in [5.41, 5.74) is 6.30. The molecule has 1 aromatic rings. The highest BCUT2D eigenvalue weighted by Crippen LogP contribution is 2.59. The number of nitrogens with two attached hydrogens (primary N) is 1. The third-order valence-corrected chi connectivity index (χ3v) is 8.13. The van der Waals surface area contributed by atoms with Crippen LogP contribution in [-0.4, -0.2) is 40.4 Å². The molecule has 180 valence electrons. The number of rotatable bonds is 6. The number of nitrogens with zero attached hydrogens (tertiary/aromatic N) is 2. The number of aliphatic imine (C=N–C) groups is 1. The molecule has 3 aliphatic rings. The van der Waals surface area contributed by atoms with Gasteiger partial charge in [-0.3, -0.25) is 14.5 Å². The third-order valence-electron chi connectivity index (χ3n) is 8.13. The van der Waals surface area contributed by atoms with Crippen LogP contribution in [0.2, 0.25) is 0 Å². The maximum atomic E-state index is 13.4. The number of hydrogen-bond donors (Lipinski definition) is 2. The summed E-state index contributed by atoms with van der Waals surface area (Å²) in [7, 11) is 0. The number of guanidine groups is 1. The van der Waals surface area contributed by atoms with Crippen molar-refractivity contribution in [1.29, 1.82) is 0 Å². The van der Waals surface area contributed by atoms with Crippen molar-refractivity contribution in [2.45, 2.75) is 84.4 Å². The van der Waals surface area contributed by atoms with Gasteiger partial charge >= 0.3 is 0 Å². The molecular weight excluding hydrogens is 416 g/mol. The predicted molar refractivity (Wildman–Crippen MR) is 129 cm³/mol. The van der Waals surface area contributed by atoms with Crippen molar-refractivity contribution in [3.8, 4) is 5.75 Å². The zero-order chi connectivity index (χ0) is 24.2. The number of amides is 2. The second-order valence-electron chi connectivity index (χ2n) is 11.2. The van der Waals surface area contributed by atoms with E-state index in [-0.39, 0.29) is 46.7 Å². The number of para-hydroxylation sites is 1. The molecule has 1 fully saturated rings. The van der Waals surface area contributed by atoms with Gasteiger partial charge in [0.1, 0.15) is 11.4 Å². The van der Waals surface area contributed by atoms with Gasteiger partial charge in [0.15, 0.2) is 5.96 Å². The average Bonchev–Trinajstić information content (AvgIpc) is 3.29. The highest BCUT2D eigenvalue weighted by molar-refractivity contribution is 5.99. The summed E-state index contributed by atoms with van der Waals surface area (Å²) in [6.45, 7) is 12.8. The fraction of sp³-hybridized carbons (Fsp3) is 0.654. The van der Waals surface area contributed by atoms with Crippen LogP contribution in [0.5, 0.6) is 5.75 Å². The molecule has 0 bridgehead atoms. The summed E-state index contributed by atoms with van der Waals surface area (Å²) in [6.07, 6.45) is 2.64. The molecule has 1 aromatic carbocycles. The fourth-order valence-electron chi connectivity index (χ4n) is 5.70. The van der Waals surface area contributed by atoms with E-state index < -0.39 is 5.54 Å². The number of nitrogens with one attached hydrogen (secondary N) is 1. The van der Waals surface area contributed by atoms with E-state index in [1.54, 1.807) is 4.90 Å². The molecule has 7 heteroatoms. The van der Waals surface area contributed by atoms with Crippen LogP contribution in [0.15, 0.2) is 29.3 Å².